The molecule has 2 rings (SSSR count). The van der Waals surface area contributed by atoms with E-state index in [2.05, 4.69) is 5.32 Å². The third kappa shape index (κ3) is 3.81. The van der Waals surface area contributed by atoms with E-state index in [1.54, 1.807) is 12.1 Å². The van der Waals surface area contributed by atoms with E-state index >= 15 is 0 Å². The summed E-state index contributed by atoms with van der Waals surface area (Å²) >= 11 is 0. The summed E-state index contributed by atoms with van der Waals surface area (Å²) in [4.78, 5) is 0. The van der Waals surface area contributed by atoms with Crippen LogP contribution >= 0.6 is 0 Å². The van der Waals surface area contributed by atoms with E-state index in [4.69, 9.17) is 0 Å². The van der Waals surface area contributed by atoms with Crippen molar-refractivity contribution in [2.45, 2.75) is 52.0 Å². The van der Waals surface area contributed by atoms with Gasteiger partial charge in [-0.2, -0.15) is 0 Å². The second kappa shape index (κ2) is 5.63. The van der Waals surface area contributed by atoms with Crippen LogP contribution in [0.25, 0.3) is 0 Å². The Hall–Kier alpha value is -0.890. The Morgan fingerprint density at radius 3 is 2.41 bits per heavy atom. The molecule has 0 heterocycles. The van der Waals surface area contributed by atoms with Crippen LogP contribution < -0.4 is 5.32 Å². The Labute approximate surface area is 103 Å². The summed E-state index contributed by atoms with van der Waals surface area (Å²) in [5, 5.41) is 3.52. The van der Waals surface area contributed by atoms with Crippen molar-refractivity contribution < 1.29 is 4.39 Å². The molecule has 1 aliphatic rings. The summed E-state index contributed by atoms with van der Waals surface area (Å²) in [6.07, 6.45) is 6.19. The number of unbranched alkanes of at least 4 members (excludes halogenated alkanes) is 1. The SMILES string of the molecule is Cc1cc(F)cc(C)c1CCCCNC1CC1. The van der Waals surface area contributed by atoms with Crippen LogP contribution in [-0.4, -0.2) is 12.6 Å². The van der Waals surface area contributed by atoms with Gasteiger partial charge in [0.2, 0.25) is 0 Å². The van der Waals surface area contributed by atoms with Gasteiger partial charge >= 0.3 is 0 Å². The first-order valence-corrected chi connectivity index (χ1v) is 6.66. The molecule has 0 aliphatic heterocycles. The molecule has 1 aliphatic carbocycles. The average molecular weight is 235 g/mol. The molecule has 1 aromatic carbocycles. The van der Waals surface area contributed by atoms with Crippen LogP contribution in [0.2, 0.25) is 0 Å². The first-order chi connectivity index (χ1) is 8.16. The molecule has 1 nitrogen and oxygen atoms in total. The van der Waals surface area contributed by atoms with Crippen molar-refractivity contribution >= 4 is 0 Å². The maximum Gasteiger partial charge on any atom is 0.123 e. The molecule has 0 amide bonds. The van der Waals surface area contributed by atoms with Crippen LogP contribution in [0.3, 0.4) is 0 Å². The molecule has 1 saturated carbocycles. The summed E-state index contributed by atoms with van der Waals surface area (Å²) < 4.78 is 13.1. The van der Waals surface area contributed by atoms with Gasteiger partial charge in [0.05, 0.1) is 0 Å². The highest BCUT2D eigenvalue weighted by atomic mass is 19.1. The standard InChI is InChI=1S/C15H22FN/c1-11-9-13(16)10-12(2)15(11)5-3-4-8-17-14-6-7-14/h9-10,14,17H,3-8H2,1-2H3. The van der Waals surface area contributed by atoms with Gasteiger partial charge in [-0.15, -0.1) is 0 Å². The van der Waals surface area contributed by atoms with Gasteiger partial charge in [0.15, 0.2) is 0 Å². The van der Waals surface area contributed by atoms with Crippen LogP contribution in [0.15, 0.2) is 12.1 Å². The summed E-state index contributed by atoms with van der Waals surface area (Å²) in [6, 6.07) is 4.10. The fraction of sp³-hybridized carbons (Fsp3) is 0.600. The van der Waals surface area contributed by atoms with E-state index in [0.717, 1.165) is 30.1 Å². The molecule has 0 spiro atoms. The second-order valence-corrected chi connectivity index (χ2v) is 5.20. The number of nitrogens with one attached hydrogen (secondary N) is 1. The lowest BCUT2D eigenvalue weighted by Gasteiger charge is -2.10. The molecule has 0 bridgehead atoms. The Morgan fingerprint density at radius 1 is 1.18 bits per heavy atom. The van der Waals surface area contributed by atoms with Crippen molar-refractivity contribution in [3.63, 3.8) is 0 Å². The summed E-state index contributed by atoms with van der Waals surface area (Å²) in [6.45, 7) is 5.14. The molecule has 1 fully saturated rings. The Morgan fingerprint density at radius 2 is 1.82 bits per heavy atom. The van der Waals surface area contributed by atoms with Crippen LogP contribution in [0, 0.1) is 19.7 Å². The van der Waals surface area contributed by atoms with E-state index in [-0.39, 0.29) is 5.82 Å². The highest BCUT2D eigenvalue weighted by molar-refractivity contribution is 5.34. The predicted molar refractivity (Wildman–Crippen MR) is 69.8 cm³/mol. The zero-order chi connectivity index (χ0) is 12.3. The molecular formula is C15H22FN. The average Bonchev–Trinajstić information content (AvgIpc) is 3.04. The lowest BCUT2D eigenvalue weighted by Crippen LogP contribution is -2.17. The number of hydrogen-bond acceptors (Lipinski definition) is 1. The molecule has 0 aromatic heterocycles. The Kier molecular flexibility index (Phi) is 4.16. The minimum absolute atomic E-state index is 0.112. The predicted octanol–water partition coefficient (Wildman–Crippen LogP) is 3.52. The fourth-order valence-electron chi connectivity index (χ4n) is 2.36. The van der Waals surface area contributed by atoms with Crippen molar-refractivity contribution in [2.24, 2.45) is 0 Å². The zero-order valence-electron chi connectivity index (χ0n) is 10.9. The molecule has 2 heteroatoms. The second-order valence-electron chi connectivity index (χ2n) is 5.20. The number of halogens is 1. The van der Waals surface area contributed by atoms with E-state index in [0.29, 0.717) is 0 Å². The van der Waals surface area contributed by atoms with Crippen molar-refractivity contribution in [3.8, 4) is 0 Å². The van der Waals surface area contributed by atoms with Crippen molar-refractivity contribution in [1.29, 1.82) is 0 Å². The van der Waals surface area contributed by atoms with Gasteiger partial charge in [0, 0.05) is 6.04 Å². The first kappa shape index (κ1) is 12.6. The minimum Gasteiger partial charge on any atom is -0.314 e. The highest BCUT2D eigenvalue weighted by Crippen LogP contribution is 2.20. The van der Waals surface area contributed by atoms with Crippen molar-refractivity contribution in [1.82, 2.24) is 5.32 Å². The monoisotopic (exact) mass is 235 g/mol. The molecule has 0 unspecified atom stereocenters. The number of aryl methyl sites for hydroxylation is 2. The Bertz CT molecular complexity index is 360. The molecule has 94 valence electrons. The van der Waals surface area contributed by atoms with Gasteiger partial charge in [0.1, 0.15) is 5.82 Å². The van der Waals surface area contributed by atoms with Crippen molar-refractivity contribution in [2.75, 3.05) is 6.54 Å². The van der Waals surface area contributed by atoms with Gasteiger partial charge in [-0.05, 0) is 81.3 Å². The summed E-state index contributed by atoms with van der Waals surface area (Å²) in [7, 11) is 0. The normalized spacial score (nSPS) is 15.2. The van der Waals surface area contributed by atoms with E-state index < -0.39 is 0 Å². The van der Waals surface area contributed by atoms with E-state index in [9.17, 15) is 4.39 Å². The third-order valence-corrected chi connectivity index (χ3v) is 3.52. The van der Waals surface area contributed by atoms with Gasteiger partial charge in [-0.1, -0.05) is 0 Å². The van der Waals surface area contributed by atoms with E-state index in [1.165, 1.54) is 31.2 Å². The van der Waals surface area contributed by atoms with E-state index in [1.807, 2.05) is 13.8 Å². The van der Waals surface area contributed by atoms with Crippen LogP contribution in [0.5, 0.6) is 0 Å². The quantitative estimate of drug-likeness (QED) is 0.744. The lowest BCUT2D eigenvalue weighted by atomic mass is 9.97. The summed E-state index contributed by atoms with van der Waals surface area (Å²) in [5.74, 6) is -0.112. The van der Waals surface area contributed by atoms with Crippen LogP contribution in [0.1, 0.15) is 42.4 Å². The molecule has 1 N–H and O–H groups in total. The molecule has 0 saturated heterocycles. The van der Waals surface area contributed by atoms with Gasteiger partial charge < -0.3 is 5.32 Å². The van der Waals surface area contributed by atoms with Gasteiger partial charge in [0.25, 0.3) is 0 Å². The molecule has 17 heavy (non-hydrogen) atoms. The van der Waals surface area contributed by atoms with Crippen LogP contribution in [-0.2, 0) is 6.42 Å². The maximum absolute atomic E-state index is 13.1. The van der Waals surface area contributed by atoms with Gasteiger partial charge in [-0.25, -0.2) is 4.39 Å². The third-order valence-electron chi connectivity index (χ3n) is 3.52. The highest BCUT2D eigenvalue weighted by Gasteiger charge is 2.19. The number of benzene rings is 1. The fourth-order valence-corrected chi connectivity index (χ4v) is 2.36. The largest absolute Gasteiger partial charge is 0.314 e. The van der Waals surface area contributed by atoms with Crippen molar-refractivity contribution in [3.05, 3.63) is 34.6 Å². The minimum atomic E-state index is -0.112. The van der Waals surface area contributed by atoms with Gasteiger partial charge in [-0.3, -0.25) is 0 Å². The zero-order valence-corrected chi connectivity index (χ0v) is 10.9. The smallest absolute Gasteiger partial charge is 0.123 e. The molecular weight excluding hydrogens is 213 g/mol. The molecule has 0 atom stereocenters. The topological polar surface area (TPSA) is 12.0 Å². The molecule has 1 aromatic rings. The molecule has 0 radical (unpaired) electrons. The Balaban J connectivity index is 1.77. The number of rotatable bonds is 6. The number of hydrogen-bond donors (Lipinski definition) is 1. The van der Waals surface area contributed by atoms with Crippen LogP contribution in [0.4, 0.5) is 4.39 Å². The summed E-state index contributed by atoms with van der Waals surface area (Å²) in [5.41, 5.74) is 3.52. The lowest BCUT2D eigenvalue weighted by molar-refractivity contribution is 0.612. The first-order valence-electron chi connectivity index (χ1n) is 6.66. The maximum atomic E-state index is 13.1.